The van der Waals surface area contributed by atoms with E-state index in [0.29, 0.717) is 18.3 Å². The molecular weight excluding hydrogens is 216 g/mol. The molecular formula is C12H22N4O. The average molecular weight is 238 g/mol. The van der Waals surface area contributed by atoms with Crippen LogP contribution in [-0.2, 0) is 4.74 Å². The first-order valence-corrected chi connectivity index (χ1v) is 5.97. The molecule has 0 fully saturated rings. The number of nitrogen functional groups attached to an aromatic ring is 1. The van der Waals surface area contributed by atoms with Crippen molar-refractivity contribution in [3.8, 4) is 0 Å². The SMILES string of the molecule is CCOCCN(C)c1ncnc(N)c1C(C)C. The van der Waals surface area contributed by atoms with Gasteiger partial charge in [0.05, 0.1) is 6.61 Å². The number of nitrogens with zero attached hydrogens (tertiary/aromatic N) is 3. The third-order valence-electron chi connectivity index (χ3n) is 2.61. The van der Waals surface area contributed by atoms with Gasteiger partial charge in [0.15, 0.2) is 0 Å². The zero-order chi connectivity index (χ0) is 12.8. The van der Waals surface area contributed by atoms with Gasteiger partial charge in [0.25, 0.3) is 0 Å². The van der Waals surface area contributed by atoms with Crippen LogP contribution in [0.1, 0.15) is 32.3 Å². The van der Waals surface area contributed by atoms with Crippen molar-refractivity contribution in [1.29, 1.82) is 0 Å². The molecule has 17 heavy (non-hydrogen) atoms. The topological polar surface area (TPSA) is 64.3 Å². The van der Waals surface area contributed by atoms with E-state index < -0.39 is 0 Å². The van der Waals surface area contributed by atoms with Gasteiger partial charge in [0.2, 0.25) is 0 Å². The summed E-state index contributed by atoms with van der Waals surface area (Å²) in [4.78, 5) is 10.4. The number of likely N-dealkylation sites (N-methyl/N-ethyl adjacent to an activating group) is 1. The smallest absolute Gasteiger partial charge is 0.137 e. The fourth-order valence-corrected chi connectivity index (χ4v) is 1.71. The van der Waals surface area contributed by atoms with Gasteiger partial charge in [-0.25, -0.2) is 9.97 Å². The van der Waals surface area contributed by atoms with Crippen molar-refractivity contribution in [3.05, 3.63) is 11.9 Å². The van der Waals surface area contributed by atoms with E-state index in [0.717, 1.165) is 24.5 Å². The highest BCUT2D eigenvalue weighted by Gasteiger charge is 2.15. The van der Waals surface area contributed by atoms with E-state index in [1.165, 1.54) is 6.33 Å². The van der Waals surface area contributed by atoms with Gasteiger partial charge in [-0.1, -0.05) is 13.8 Å². The number of nitrogens with two attached hydrogens (primary N) is 1. The molecule has 5 heteroatoms. The molecule has 0 atom stereocenters. The van der Waals surface area contributed by atoms with Crippen LogP contribution < -0.4 is 10.6 Å². The molecule has 0 aliphatic carbocycles. The zero-order valence-corrected chi connectivity index (χ0v) is 11.1. The molecule has 1 aromatic heterocycles. The van der Waals surface area contributed by atoms with Crippen LogP contribution in [0.25, 0.3) is 0 Å². The first-order valence-electron chi connectivity index (χ1n) is 5.97. The molecule has 1 rings (SSSR count). The second-order valence-corrected chi connectivity index (χ2v) is 4.27. The first kappa shape index (κ1) is 13.7. The van der Waals surface area contributed by atoms with Gasteiger partial charge in [-0.2, -0.15) is 0 Å². The average Bonchev–Trinajstić information content (AvgIpc) is 2.28. The molecule has 0 spiro atoms. The summed E-state index contributed by atoms with van der Waals surface area (Å²) >= 11 is 0. The van der Waals surface area contributed by atoms with Crippen LogP contribution in [0.5, 0.6) is 0 Å². The minimum atomic E-state index is 0.306. The molecule has 96 valence electrons. The van der Waals surface area contributed by atoms with Gasteiger partial charge in [0, 0.05) is 25.8 Å². The minimum absolute atomic E-state index is 0.306. The Bertz CT molecular complexity index is 354. The van der Waals surface area contributed by atoms with Gasteiger partial charge in [-0.15, -0.1) is 0 Å². The number of ether oxygens (including phenoxy) is 1. The summed E-state index contributed by atoms with van der Waals surface area (Å²) in [5.74, 6) is 1.77. The Morgan fingerprint density at radius 2 is 2.12 bits per heavy atom. The summed E-state index contributed by atoms with van der Waals surface area (Å²) < 4.78 is 5.34. The molecule has 5 nitrogen and oxygen atoms in total. The van der Waals surface area contributed by atoms with Crippen LogP contribution in [0.15, 0.2) is 6.33 Å². The van der Waals surface area contributed by atoms with Crippen LogP contribution >= 0.6 is 0 Å². The van der Waals surface area contributed by atoms with E-state index in [9.17, 15) is 0 Å². The summed E-state index contributed by atoms with van der Waals surface area (Å²) in [7, 11) is 1.99. The molecule has 0 aliphatic heterocycles. The highest BCUT2D eigenvalue weighted by Crippen LogP contribution is 2.28. The Labute approximate surface area is 103 Å². The Morgan fingerprint density at radius 3 is 2.71 bits per heavy atom. The molecule has 0 bridgehead atoms. The maximum absolute atomic E-state index is 5.91. The lowest BCUT2D eigenvalue weighted by Gasteiger charge is -2.23. The zero-order valence-electron chi connectivity index (χ0n) is 11.1. The molecule has 0 aromatic carbocycles. The lowest BCUT2D eigenvalue weighted by Crippen LogP contribution is -2.25. The Kier molecular flexibility index (Phi) is 5.15. The molecule has 2 N–H and O–H groups in total. The largest absolute Gasteiger partial charge is 0.383 e. The summed E-state index contributed by atoms with van der Waals surface area (Å²) in [5.41, 5.74) is 6.91. The van der Waals surface area contributed by atoms with E-state index in [-0.39, 0.29) is 0 Å². The maximum Gasteiger partial charge on any atom is 0.137 e. The van der Waals surface area contributed by atoms with Crippen LogP contribution in [0.4, 0.5) is 11.6 Å². The monoisotopic (exact) mass is 238 g/mol. The number of hydrogen-bond acceptors (Lipinski definition) is 5. The van der Waals surface area contributed by atoms with Crippen molar-refractivity contribution in [2.75, 3.05) is 37.4 Å². The molecule has 0 radical (unpaired) electrons. The van der Waals surface area contributed by atoms with Gasteiger partial charge in [0.1, 0.15) is 18.0 Å². The van der Waals surface area contributed by atoms with E-state index in [1.807, 2.05) is 14.0 Å². The maximum atomic E-state index is 5.91. The quantitative estimate of drug-likeness (QED) is 0.763. The van der Waals surface area contributed by atoms with Gasteiger partial charge < -0.3 is 15.4 Å². The molecule has 0 saturated heterocycles. The van der Waals surface area contributed by atoms with Gasteiger partial charge in [-0.3, -0.25) is 0 Å². The Balaban J connectivity index is 2.85. The molecule has 1 heterocycles. The van der Waals surface area contributed by atoms with E-state index in [4.69, 9.17) is 10.5 Å². The molecule has 0 aliphatic rings. The lowest BCUT2D eigenvalue weighted by molar-refractivity contribution is 0.154. The summed E-state index contributed by atoms with van der Waals surface area (Å²) in [6.07, 6.45) is 1.51. The molecule has 0 amide bonds. The Hall–Kier alpha value is -1.36. The second kappa shape index (κ2) is 6.39. The van der Waals surface area contributed by atoms with Crippen LogP contribution in [0, 0.1) is 0 Å². The number of hydrogen-bond donors (Lipinski definition) is 1. The highest BCUT2D eigenvalue weighted by atomic mass is 16.5. The van der Waals surface area contributed by atoms with Crippen LogP contribution in [0.3, 0.4) is 0 Å². The number of aromatic nitrogens is 2. The van der Waals surface area contributed by atoms with Crippen molar-refractivity contribution in [3.63, 3.8) is 0 Å². The predicted molar refractivity (Wildman–Crippen MR) is 70.3 cm³/mol. The molecule has 0 unspecified atom stereocenters. The first-order chi connectivity index (χ1) is 8.07. The number of anilines is 2. The van der Waals surface area contributed by atoms with E-state index in [2.05, 4.69) is 28.7 Å². The highest BCUT2D eigenvalue weighted by molar-refractivity contribution is 5.57. The fourth-order valence-electron chi connectivity index (χ4n) is 1.71. The van der Waals surface area contributed by atoms with Crippen LogP contribution in [-0.4, -0.2) is 36.8 Å². The van der Waals surface area contributed by atoms with Crippen molar-refractivity contribution in [2.24, 2.45) is 0 Å². The summed E-state index contributed by atoms with van der Waals surface area (Å²) in [6, 6.07) is 0. The van der Waals surface area contributed by atoms with Crippen molar-refractivity contribution in [2.45, 2.75) is 26.7 Å². The van der Waals surface area contributed by atoms with E-state index >= 15 is 0 Å². The minimum Gasteiger partial charge on any atom is -0.383 e. The van der Waals surface area contributed by atoms with E-state index in [1.54, 1.807) is 0 Å². The van der Waals surface area contributed by atoms with Gasteiger partial charge in [-0.05, 0) is 12.8 Å². The fraction of sp³-hybridized carbons (Fsp3) is 0.667. The van der Waals surface area contributed by atoms with Crippen molar-refractivity contribution >= 4 is 11.6 Å². The van der Waals surface area contributed by atoms with Crippen molar-refractivity contribution < 1.29 is 4.74 Å². The second-order valence-electron chi connectivity index (χ2n) is 4.27. The Morgan fingerprint density at radius 1 is 1.41 bits per heavy atom. The number of rotatable bonds is 6. The third kappa shape index (κ3) is 3.56. The molecule has 0 saturated carbocycles. The van der Waals surface area contributed by atoms with Crippen molar-refractivity contribution in [1.82, 2.24) is 9.97 Å². The van der Waals surface area contributed by atoms with Gasteiger partial charge >= 0.3 is 0 Å². The predicted octanol–water partition coefficient (Wildman–Crippen LogP) is 1.65. The summed E-state index contributed by atoms with van der Waals surface area (Å²) in [5, 5.41) is 0. The van der Waals surface area contributed by atoms with Crippen LogP contribution in [0.2, 0.25) is 0 Å². The third-order valence-corrected chi connectivity index (χ3v) is 2.61. The molecule has 1 aromatic rings. The summed E-state index contributed by atoms with van der Waals surface area (Å²) in [6.45, 7) is 8.39. The standard InChI is InChI=1S/C12H22N4O/c1-5-17-7-6-16(4)12-10(9(2)3)11(13)14-8-15-12/h8-9H,5-7H2,1-4H3,(H2,13,14,15). The lowest BCUT2D eigenvalue weighted by atomic mass is 10.0. The normalized spacial score (nSPS) is 10.9.